The normalized spacial score (nSPS) is 22.8. The second-order valence-corrected chi connectivity index (χ2v) is 4.72. The number of ether oxygens (including phenoxy) is 1. The minimum absolute atomic E-state index is 0.0434. The Balaban J connectivity index is 2.17. The molecule has 0 spiro atoms. The fourth-order valence-electron chi connectivity index (χ4n) is 2.10. The maximum absolute atomic E-state index is 13.1. The number of carbonyl (C=O) groups excluding carboxylic acids is 2. The van der Waals surface area contributed by atoms with E-state index < -0.39 is 17.4 Å². The van der Waals surface area contributed by atoms with Gasteiger partial charge in [0.05, 0.1) is 13.2 Å². The number of amides is 3. The van der Waals surface area contributed by atoms with Gasteiger partial charge in [0.25, 0.3) is 5.91 Å². The topological polar surface area (TPSA) is 58.6 Å². The number of benzene rings is 1. The van der Waals surface area contributed by atoms with Crippen molar-refractivity contribution in [2.24, 2.45) is 0 Å². The summed E-state index contributed by atoms with van der Waals surface area (Å²) in [5.74, 6) is -0.771. The van der Waals surface area contributed by atoms with Crippen LogP contribution >= 0.6 is 0 Å². The Hall–Kier alpha value is -1.95. The average molecular weight is 266 g/mol. The molecule has 0 saturated carbocycles. The van der Waals surface area contributed by atoms with Crippen molar-refractivity contribution in [3.8, 4) is 0 Å². The fraction of sp³-hybridized carbons (Fsp3) is 0.385. The molecule has 3 amide bonds. The summed E-state index contributed by atoms with van der Waals surface area (Å²) >= 11 is 0. The van der Waals surface area contributed by atoms with Crippen LogP contribution < -0.4 is 5.32 Å². The molecule has 1 fully saturated rings. The van der Waals surface area contributed by atoms with Gasteiger partial charge in [0.1, 0.15) is 11.4 Å². The smallest absolute Gasteiger partial charge is 0.325 e. The largest absolute Gasteiger partial charge is 0.382 e. The molecule has 0 radical (unpaired) electrons. The number of imide groups is 1. The number of nitrogens with zero attached hydrogens (tertiary/aromatic N) is 1. The van der Waals surface area contributed by atoms with Gasteiger partial charge >= 0.3 is 6.03 Å². The first-order valence-electron chi connectivity index (χ1n) is 5.84. The van der Waals surface area contributed by atoms with Gasteiger partial charge in [-0.05, 0) is 24.6 Å². The average Bonchev–Trinajstić information content (AvgIpc) is 2.54. The van der Waals surface area contributed by atoms with E-state index in [-0.39, 0.29) is 19.1 Å². The molecule has 6 heteroatoms. The molecular formula is C13H15FN2O3. The minimum atomic E-state index is -1.06. The molecule has 1 aromatic carbocycles. The van der Waals surface area contributed by atoms with Gasteiger partial charge in [-0.2, -0.15) is 0 Å². The molecule has 1 N–H and O–H groups in total. The molecule has 0 aliphatic carbocycles. The highest BCUT2D eigenvalue weighted by Crippen LogP contribution is 2.20. The molecule has 102 valence electrons. The van der Waals surface area contributed by atoms with Crippen LogP contribution in [0.15, 0.2) is 24.3 Å². The lowest BCUT2D eigenvalue weighted by Gasteiger charge is -2.20. The van der Waals surface area contributed by atoms with Gasteiger partial charge in [0.2, 0.25) is 0 Å². The number of halogens is 1. The zero-order chi connectivity index (χ0) is 14.0. The van der Waals surface area contributed by atoms with Crippen LogP contribution in [0, 0.1) is 5.82 Å². The maximum Gasteiger partial charge on any atom is 0.325 e. The van der Waals surface area contributed by atoms with Gasteiger partial charge in [0.15, 0.2) is 0 Å². The third kappa shape index (κ3) is 2.58. The summed E-state index contributed by atoms with van der Waals surface area (Å²) in [5.41, 5.74) is -0.496. The van der Waals surface area contributed by atoms with Crippen molar-refractivity contribution in [1.82, 2.24) is 10.2 Å². The zero-order valence-electron chi connectivity index (χ0n) is 10.8. The van der Waals surface area contributed by atoms with Gasteiger partial charge < -0.3 is 10.1 Å². The van der Waals surface area contributed by atoms with Gasteiger partial charge in [0, 0.05) is 7.11 Å². The fourth-order valence-corrected chi connectivity index (χ4v) is 2.10. The van der Waals surface area contributed by atoms with Crippen LogP contribution in [0.4, 0.5) is 9.18 Å². The first-order valence-corrected chi connectivity index (χ1v) is 5.84. The molecule has 0 unspecified atom stereocenters. The zero-order valence-corrected chi connectivity index (χ0v) is 10.8. The predicted molar refractivity (Wildman–Crippen MR) is 65.8 cm³/mol. The van der Waals surface area contributed by atoms with Gasteiger partial charge in [-0.3, -0.25) is 9.69 Å². The summed E-state index contributed by atoms with van der Waals surface area (Å²) < 4.78 is 18.0. The van der Waals surface area contributed by atoms with Crippen LogP contribution in [-0.4, -0.2) is 36.1 Å². The number of carbonyl (C=O) groups is 2. The molecular weight excluding hydrogens is 251 g/mol. The van der Waals surface area contributed by atoms with Crippen LogP contribution in [0.3, 0.4) is 0 Å². The molecule has 1 heterocycles. The summed E-state index contributed by atoms with van der Waals surface area (Å²) in [4.78, 5) is 25.1. The molecule has 2 rings (SSSR count). The first-order chi connectivity index (χ1) is 8.96. The van der Waals surface area contributed by atoms with E-state index in [0.29, 0.717) is 5.56 Å². The number of nitrogens with one attached hydrogen (secondary N) is 1. The highest BCUT2D eigenvalue weighted by atomic mass is 19.1. The van der Waals surface area contributed by atoms with Crippen LogP contribution in [0.2, 0.25) is 0 Å². The lowest BCUT2D eigenvalue weighted by atomic mass is 10.0. The van der Waals surface area contributed by atoms with Crippen LogP contribution in [0.5, 0.6) is 0 Å². The number of urea groups is 1. The molecule has 1 aliphatic rings. The van der Waals surface area contributed by atoms with E-state index in [9.17, 15) is 14.0 Å². The molecule has 0 aromatic heterocycles. The highest BCUT2D eigenvalue weighted by molar-refractivity contribution is 6.06. The molecule has 1 saturated heterocycles. The van der Waals surface area contributed by atoms with Crippen molar-refractivity contribution >= 4 is 11.9 Å². The standard InChI is InChI=1S/C13H15FN2O3/c1-13(8-19-2)11(17)16(12(18)15-13)7-9-4-3-5-10(14)6-9/h3-6H,7-8H2,1-2H3,(H,15,18)/t13-/m1/s1. The van der Waals surface area contributed by atoms with E-state index in [1.54, 1.807) is 13.0 Å². The lowest BCUT2D eigenvalue weighted by molar-refractivity contribution is -0.132. The van der Waals surface area contributed by atoms with Crippen molar-refractivity contribution in [2.75, 3.05) is 13.7 Å². The number of rotatable bonds is 4. The summed E-state index contributed by atoms with van der Waals surface area (Å²) in [6, 6.07) is 5.32. The van der Waals surface area contributed by atoms with Crippen LogP contribution in [-0.2, 0) is 16.1 Å². The first kappa shape index (κ1) is 13.5. The molecule has 19 heavy (non-hydrogen) atoms. The monoisotopic (exact) mass is 266 g/mol. The number of hydrogen-bond donors (Lipinski definition) is 1. The number of hydrogen-bond acceptors (Lipinski definition) is 3. The van der Waals surface area contributed by atoms with Crippen molar-refractivity contribution in [3.05, 3.63) is 35.6 Å². The third-order valence-corrected chi connectivity index (χ3v) is 3.01. The second kappa shape index (κ2) is 4.97. The Kier molecular flexibility index (Phi) is 3.53. The number of methoxy groups -OCH3 is 1. The van der Waals surface area contributed by atoms with Crippen molar-refractivity contribution in [2.45, 2.75) is 19.0 Å². The Labute approximate surface area is 110 Å². The van der Waals surface area contributed by atoms with Crippen molar-refractivity contribution in [1.29, 1.82) is 0 Å². The summed E-state index contributed by atoms with van der Waals surface area (Å²) in [7, 11) is 1.46. The van der Waals surface area contributed by atoms with Gasteiger partial charge in [-0.15, -0.1) is 0 Å². The van der Waals surface area contributed by atoms with E-state index >= 15 is 0 Å². The quantitative estimate of drug-likeness (QED) is 0.835. The molecule has 1 aromatic rings. The Morgan fingerprint density at radius 2 is 2.16 bits per heavy atom. The summed E-state index contributed by atoms with van der Waals surface area (Å²) in [6.07, 6.45) is 0. The summed E-state index contributed by atoms with van der Waals surface area (Å²) in [6.45, 7) is 1.74. The molecule has 5 nitrogen and oxygen atoms in total. The van der Waals surface area contributed by atoms with E-state index in [0.717, 1.165) is 4.90 Å². The van der Waals surface area contributed by atoms with E-state index in [1.807, 2.05) is 0 Å². The van der Waals surface area contributed by atoms with E-state index in [4.69, 9.17) is 4.74 Å². The summed E-state index contributed by atoms with van der Waals surface area (Å²) in [5, 5.41) is 2.58. The Morgan fingerprint density at radius 1 is 1.42 bits per heavy atom. The molecule has 0 bridgehead atoms. The van der Waals surface area contributed by atoms with E-state index in [1.165, 1.54) is 25.3 Å². The molecule has 1 aliphatic heterocycles. The lowest BCUT2D eigenvalue weighted by Crippen LogP contribution is -2.47. The van der Waals surface area contributed by atoms with Gasteiger partial charge in [-0.1, -0.05) is 12.1 Å². The van der Waals surface area contributed by atoms with Crippen LogP contribution in [0.1, 0.15) is 12.5 Å². The van der Waals surface area contributed by atoms with E-state index in [2.05, 4.69) is 5.32 Å². The second-order valence-electron chi connectivity index (χ2n) is 4.72. The van der Waals surface area contributed by atoms with Crippen molar-refractivity contribution < 1.29 is 18.7 Å². The Morgan fingerprint density at radius 3 is 2.79 bits per heavy atom. The SMILES string of the molecule is COC[C@@]1(C)NC(=O)N(Cc2cccc(F)c2)C1=O. The molecule has 1 atom stereocenters. The third-order valence-electron chi connectivity index (χ3n) is 3.01. The Bertz CT molecular complexity index is 520. The van der Waals surface area contributed by atoms with Gasteiger partial charge in [-0.25, -0.2) is 9.18 Å². The van der Waals surface area contributed by atoms with Crippen LogP contribution in [0.25, 0.3) is 0 Å². The van der Waals surface area contributed by atoms with Crippen molar-refractivity contribution in [3.63, 3.8) is 0 Å². The highest BCUT2D eigenvalue weighted by Gasteiger charge is 2.47. The predicted octanol–water partition coefficient (Wildman–Crippen LogP) is 1.28. The maximum atomic E-state index is 13.1. The minimum Gasteiger partial charge on any atom is -0.382 e.